The Bertz CT molecular complexity index is 1110. The van der Waals surface area contributed by atoms with Crippen LogP contribution >= 0.6 is 11.3 Å². The van der Waals surface area contributed by atoms with Crippen molar-refractivity contribution >= 4 is 32.4 Å². The summed E-state index contributed by atoms with van der Waals surface area (Å²) in [6.45, 7) is 0. The zero-order valence-corrected chi connectivity index (χ0v) is 17.2. The van der Waals surface area contributed by atoms with Gasteiger partial charge < -0.3 is 15.2 Å². The van der Waals surface area contributed by atoms with E-state index in [0.29, 0.717) is 18.1 Å². The maximum Gasteiger partial charge on any atom is 0.241 e. The third kappa shape index (κ3) is 4.13. The van der Waals surface area contributed by atoms with E-state index >= 15 is 0 Å². The van der Waals surface area contributed by atoms with E-state index in [0.717, 1.165) is 46.0 Å². The molecule has 1 fully saturated rings. The Balaban J connectivity index is 1.30. The molecule has 0 spiro atoms. The standard InChI is InChI=1S/C23H22N4O2S/c28-17-5-3-4-15(14-17)21-22(25-13-12-24-21)29-18-10-8-16(9-11-18)26-23-27-19-6-1-2-7-20(19)30-23/h1-2,6-13,15,17,28H,3-5,14H2,(H,26,27)/t15-,17+/m1/s1. The van der Waals surface area contributed by atoms with Crippen LogP contribution in [-0.4, -0.2) is 26.2 Å². The number of aliphatic hydroxyl groups is 1. The summed E-state index contributed by atoms with van der Waals surface area (Å²) in [4.78, 5) is 13.5. The van der Waals surface area contributed by atoms with Crippen molar-refractivity contribution in [2.24, 2.45) is 0 Å². The Labute approximate surface area is 178 Å². The van der Waals surface area contributed by atoms with E-state index < -0.39 is 0 Å². The number of benzene rings is 2. The molecule has 2 heterocycles. The number of ether oxygens (including phenoxy) is 1. The third-order valence-electron chi connectivity index (χ3n) is 5.34. The number of nitrogens with zero attached hydrogens (tertiary/aromatic N) is 3. The number of fused-ring (bicyclic) bond motifs is 1. The van der Waals surface area contributed by atoms with Crippen LogP contribution < -0.4 is 10.1 Å². The van der Waals surface area contributed by atoms with Gasteiger partial charge in [0.25, 0.3) is 0 Å². The highest BCUT2D eigenvalue weighted by Crippen LogP contribution is 2.37. The molecule has 2 N–H and O–H groups in total. The predicted octanol–water partition coefficient (Wildman–Crippen LogP) is 5.64. The molecule has 152 valence electrons. The van der Waals surface area contributed by atoms with Crippen LogP contribution in [0.4, 0.5) is 10.8 Å². The van der Waals surface area contributed by atoms with Crippen molar-refractivity contribution in [3.63, 3.8) is 0 Å². The first kappa shape index (κ1) is 19.0. The van der Waals surface area contributed by atoms with E-state index in [-0.39, 0.29) is 12.0 Å². The molecule has 0 amide bonds. The molecule has 0 saturated heterocycles. The molecule has 0 radical (unpaired) electrons. The van der Waals surface area contributed by atoms with Gasteiger partial charge in [0.05, 0.1) is 16.3 Å². The molecule has 5 rings (SSSR count). The quantitative estimate of drug-likeness (QED) is 0.436. The molecule has 0 unspecified atom stereocenters. The van der Waals surface area contributed by atoms with Gasteiger partial charge in [-0.3, -0.25) is 4.98 Å². The molecule has 0 aliphatic heterocycles. The number of para-hydroxylation sites is 1. The number of rotatable bonds is 5. The van der Waals surface area contributed by atoms with Crippen LogP contribution in [0.25, 0.3) is 10.2 Å². The number of aliphatic hydroxyl groups excluding tert-OH is 1. The Morgan fingerprint density at radius 1 is 1.00 bits per heavy atom. The van der Waals surface area contributed by atoms with Crippen molar-refractivity contribution in [3.05, 3.63) is 66.6 Å². The number of thiazole rings is 1. The predicted molar refractivity (Wildman–Crippen MR) is 119 cm³/mol. The van der Waals surface area contributed by atoms with Crippen LogP contribution in [-0.2, 0) is 0 Å². The van der Waals surface area contributed by atoms with Crippen molar-refractivity contribution in [3.8, 4) is 11.6 Å². The molecular weight excluding hydrogens is 396 g/mol. The van der Waals surface area contributed by atoms with Crippen LogP contribution in [0.2, 0.25) is 0 Å². The van der Waals surface area contributed by atoms with Crippen LogP contribution in [0.5, 0.6) is 11.6 Å². The van der Waals surface area contributed by atoms with Gasteiger partial charge in [-0.1, -0.05) is 29.9 Å². The fourth-order valence-electron chi connectivity index (χ4n) is 3.87. The van der Waals surface area contributed by atoms with Crippen molar-refractivity contribution in [1.29, 1.82) is 0 Å². The third-order valence-corrected chi connectivity index (χ3v) is 6.29. The second-order valence-corrected chi connectivity index (χ2v) is 8.53. The lowest BCUT2D eigenvalue weighted by Crippen LogP contribution is -2.19. The maximum atomic E-state index is 10.0. The topological polar surface area (TPSA) is 80.2 Å². The van der Waals surface area contributed by atoms with Gasteiger partial charge >= 0.3 is 0 Å². The normalized spacial score (nSPS) is 19.0. The molecule has 2 atom stereocenters. The molecule has 1 aliphatic rings. The van der Waals surface area contributed by atoms with E-state index in [1.807, 2.05) is 42.5 Å². The van der Waals surface area contributed by atoms with Gasteiger partial charge in [-0.25, -0.2) is 9.97 Å². The largest absolute Gasteiger partial charge is 0.437 e. The summed E-state index contributed by atoms with van der Waals surface area (Å²) >= 11 is 1.62. The summed E-state index contributed by atoms with van der Waals surface area (Å²) in [5.74, 6) is 1.39. The van der Waals surface area contributed by atoms with Crippen LogP contribution in [0.3, 0.4) is 0 Å². The van der Waals surface area contributed by atoms with Gasteiger partial charge in [-0.05, 0) is 55.7 Å². The minimum absolute atomic E-state index is 0.178. The molecule has 4 aromatic rings. The van der Waals surface area contributed by atoms with E-state index in [4.69, 9.17) is 4.74 Å². The van der Waals surface area contributed by atoms with Crippen LogP contribution in [0.15, 0.2) is 60.9 Å². The molecule has 2 aromatic heterocycles. The fourth-order valence-corrected chi connectivity index (χ4v) is 4.76. The monoisotopic (exact) mass is 418 g/mol. The Morgan fingerprint density at radius 2 is 1.83 bits per heavy atom. The number of hydrogen-bond donors (Lipinski definition) is 2. The summed E-state index contributed by atoms with van der Waals surface area (Å²) in [7, 11) is 0. The minimum atomic E-state index is -0.272. The van der Waals surface area contributed by atoms with Gasteiger partial charge in [0.2, 0.25) is 5.88 Å². The second-order valence-electron chi connectivity index (χ2n) is 7.50. The molecule has 6 nitrogen and oxygen atoms in total. The zero-order valence-electron chi connectivity index (χ0n) is 16.4. The van der Waals surface area contributed by atoms with Gasteiger partial charge in [0.1, 0.15) is 11.4 Å². The first-order valence-electron chi connectivity index (χ1n) is 10.1. The Hall–Kier alpha value is -3.03. The molecule has 2 aromatic carbocycles. The summed E-state index contributed by atoms with van der Waals surface area (Å²) in [5, 5.41) is 14.2. The summed E-state index contributed by atoms with van der Waals surface area (Å²) in [6.07, 6.45) is 6.61. The Morgan fingerprint density at radius 3 is 2.67 bits per heavy atom. The summed E-state index contributed by atoms with van der Waals surface area (Å²) in [6, 6.07) is 15.8. The van der Waals surface area contributed by atoms with E-state index in [1.165, 1.54) is 0 Å². The average Bonchev–Trinajstić information content (AvgIpc) is 3.18. The molecule has 1 aliphatic carbocycles. The first-order chi connectivity index (χ1) is 14.7. The number of anilines is 2. The van der Waals surface area contributed by atoms with E-state index in [1.54, 1.807) is 23.7 Å². The van der Waals surface area contributed by atoms with E-state index in [2.05, 4.69) is 26.3 Å². The molecule has 0 bridgehead atoms. The molecular formula is C23H22N4O2S. The van der Waals surface area contributed by atoms with Gasteiger partial charge in [-0.2, -0.15) is 0 Å². The number of hydrogen-bond acceptors (Lipinski definition) is 7. The minimum Gasteiger partial charge on any atom is -0.437 e. The van der Waals surface area contributed by atoms with Gasteiger partial charge in [-0.15, -0.1) is 0 Å². The van der Waals surface area contributed by atoms with Crippen molar-refractivity contribution in [2.45, 2.75) is 37.7 Å². The molecule has 7 heteroatoms. The summed E-state index contributed by atoms with van der Waals surface area (Å²) < 4.78 is 7.21. The zero-order chi connectivity index (χ0) is 20.3. The highest BCUT2D eigenvalue weighted by molar-refractivity contribution is 7.22. The Kier molecular flexibility index (Phi) is 5.29. The maximum absolute atomic E-state index is 10.0. The first-order valence-corrected chi connectivity index (χ1v) is 11.0. The van der Waals surface area contributed by atoms with Gasteiger partial charge in [0, 0.05) is 24.0 Å². The van der Waals surface area contributed by atoms with Crippen LogP contribution in [0.1, 0.15) is 37.3 Å². The molecule has 30 heavy (non-hydrogen) atoms. The van der Waals surface area contributed by atoms with E-state index in [9.17, 15) is 5.11 Å². The lowest BCUT2D eigenvalue weighted by Gasteiger charge is -2.26. The lowest BCUT2D eigenvalue weighted by atomic mass is 9.85. The van der Waals surface area contributed by atoms with Gasteiger partial charge in [0.15, 0.2) is 5.13 Å². The average molecular weight is 419 g/mol. The fraction of sp³-hybridized carbons (Fsp3) is 0.261. The highest BCUT2D eigenvalue weighted by atomic mass is 32.1. The number of aromatic nitrogens is 3. The van der Waals surface area contributed by atoms with Crippen LogP contribution in [0, 0.1) is 0 Å². The smallest absolute Gasteiger partial charge is 0.241 e. The second kappa shape index (κ2) is 8.38. The van der Waals surface area contributed by atoms with Crippen molar-refractivity contribution in [2.75, 3.05) is 5.32 Å². The SMILES string of the molecule is O[C@H]1CCC[C@@H](c2nccnc2Oc2ccc(Nc3nc4ccccc4s3)cc2)C1. The highest BCUT2D eigenvalue weighted by Gasteiger charge is 2.26. The summed E-state index contributed by atoms with van der Waals surface area (Å²) in [5.41, 5.74) is 2.76. The van der Waals surface area contributed by atoms with Crippen molar-refractivity contribution in [1.82, 2.24) is 15.0 Å². The van der Waals surface area contributed by atoms with Crippen molar-refractivity contribution < 1.29 is 9.84 Å². The molecule has 1 saturated carbocycles. The number of nitrogens with one attached hydrogen (secondary N) is 1. The lowest BCUT2D eigenvalue weighted by molar-refractivity contribution is 0.118.